The number of cyclic esters (lactones) is 1. The average Bonchev–Trinajstić information content (AvgIpc) is 2.66. The zero-order chi connectivity index (χ0) is 20.1. The Morgan fingerprint density at radius 1 is 1.25 bits per heavy atom. The summed E-state index contributed by atoms with van der Waals surface area (Å²) >= 11 is 0. The number of hydrogen-bond acceptors (Lipinski definition) is 5. The van der Waals surface area contributed by atoms with Crippen LogP contribution in [0.4, 0.5) is 0 Å². The number of carbonyl (C=O) groups excluding carboxylic acids is 3. The first-order valence-electron chi connectivity index (χ1n) is 9.01. The van der Waals surface area contributed by atoms with E-state index in [1.807, 2.05) is 31.2 Å². The van der Waals surface area contributed by atoms with Crippen molar-refractivity contribution < 1.29 is 23.9 Å². The third-order valence-corrected chi connectivity index (χ3v) is 4.46. The lowest BCUT2D eigenvalue weighted by Gasteiger charge is -2.26. The van der Waals surface area contributed by atoms with Crippen LogP contribution in [0.15, 0.2) is 42.5 Å². The van der Waals surface area contributed by atoms with Crippen LogP contribution in [0.25, 0.3) is 0 Å². The molecule has 1 atom stereocenters. The predicted octanol–water partition coefficient (Wildman–Crippen LogP) is 1.82. The summed E-state index contributed by atoms with van der Waals surface area (Å²) in [6.07, 6.45) is 0.112. The summed E-state index contributed by atoms with van der Waals surface area (Å²) in [6, 6.07) is 12.9. The maximum atomic E-state index is 12.3. The Hall–Kier alpha value is -3.35. The molecule has 3 N–H and O–H groups in total. The first-order valence-corrected chi connectivity index (χ1v) is 9.01. The molecule has 0 bridgehead atoms. The number of fused-ring (bicyclic) bond motifs is 1. The van der Waals surface area contributed by atoms with Gasteiger partial charge < -0.3 is 20.5 Å². The molecule has 7 nitrogen and oxygen atoms in total. The van der Waals surface area contributed by atoms with Gasteiger partial charge in [0.25, 0.3) is 5.91 Å². The maximum absolute atomic E-state index is 12.3. The number of hydrogen-bond donors (Lipinski definition) is 2. The lowest BCUT2D eigenvalue weighted by molar-refractivity contribution is -0.123. The van der Waals surface area contributed by atoms with Crippen molar-refractivity contribution in [2.24, 2.45) is 5.73 Å². The molecule has 1 aliphatic heterocycles. The summed E-state index contributed by atoms with van der Waals surface area (Å²) in [5, 5.41) is 2.56. The van der Waals surface area contributed by atoms with Crippen molar-refractivity contribution >= 4 is 17.8 Å². The van der Waals surface area contributed by atoms with Crippen LogP contribution in [0.5, 0.6) is 5.75 Å². The van der Waals surface area contributed by atoms with Crippen LogP contribution in [-0.2, 0) is 20.7 Å². The van der Waals surface area contributed by atoms with E-state index in [4.69, 9.17) is 15.2 Å². The summed E-state index contributed by atoms with van der Waals surface area (Å²) in [7, 11) is 0. The highest BCUT2D eigenvalue weighted by atomic mass is 16.5. The van der Waals surface area contributed by atoms with Gasteiger partial charge in [0.1, 0.15) is 11.9 Å². The highest BCUT2D eigenvalue weighted by molar-refractivity contribution is 5.92. The monoisotopic (exact) mass is 382 g/mol. The largest absolute Gasteiger partial charge is 0.483 e. The number of aryl methyl sites for hydroxylation is 1. The van der Waals surface area contributed by atoms with E-state index in [-0.39, 0.29) is 31.4 Å². The minimum absolute atomic E-state index is 0.0684. The standard InChI is InChI=1S/C21H22N2O5/c1-13-6-7-17(27-12-20(25)23-9-8-19(22)24)16(10-13)18-11-14-4-2-3-5-15(14)21(26)28-18/h2-7,10,18H,8-9,11-12H2,1H3,(H2,22,24)(H,23,25). The van der Waals surface area contributed by atoms with Crippen LogP contribution >= 0.6 is 0 Å². The second kappa shape index (κ2) is 8.56. The Balaban J connectivity index is 1.72. The van der Waals surface area contributed by atoms with Crippen LogP contribution in [0.2, 0.25) is 0 Å². The van der Waals surface area contributed by atoms with Gasteiger partial charge in [0, 0.05) is 24.9 Å². The number of ether oxygens (including phenoxy) is 2. The van der Waals surface area contributed by atoms with Gasteiger partial charge in [-0.05, 0) is 30.7 Å². The smallest absolute Gasteiger partial charge is 0.339 e. The maximum Gasteiger partial charge on any atom is 0.339 e. The van der Waals surface area contributed by atoms with Crippen molar-refractivity contribution in [2.75, 3.05) is 13.2 Å². The van der Waals surface area contributed by atoms with Crippen LogP contribution < -0.4 is 15.8 Å². The van der Waals surface area contributed by atoms with E-state index in [9.17, 15) is 14.4 Å². The van der Waals surface area contributed by atoms with Gasteiger partial charge in [0.15, 0.2) is 6.61 Å². The Labute approximate surface area is 162 Å². The molecule has 3 rings (SSSR count). The molecule has 1 heterocycles. The number of nitrogens with one attached hydrogen (secondary N) is 1. The van der Waals surface area contributed by atoms with Gasteiger partial charge in [0.05, 0.1) is 5.56 Å². The molecule has 0 spiro atoms. The number of amides is 2. The molecule has 0 radical (unpaired) electrons. The van der Waals surface area contributed by atoms with E-state index in [1.165, 1.54) is 0 Å². The number of esters is 1. The van der Waals surface area contributed by atoms with Gasteiger partial charge in [0.2, 0.25) is 5.91 Å². The fourth-order valence-corrected chi connectivity index (χ4v) is 3.08. The van der Waals surface area contributed by atoms with E-state index in [1.54, 1.807) is 18.2 Å². The average molecular weight is 382 g/mol. The van der Waals surface area contributed by atoms with Gasteiger partial charge in [-0.25, -0.2) is 4.79 Å². The topological polar surface area (TPSA) is 108 Å². The minimum atomic E-state index is -0.491. The van der Waals surface area contributed by atoms with Crippen LogP contribution in [0.1, 0.15) is 39.6 Å². The second-order valence-corrected chi connectivity index (χ2v) is 6.65. The van der Waals surface area contributed by atoms with E-state index >= 15 is 0 Å². The third kappa shape index (κ3) is 4.68. The Kier molecular flexibility index (Phi) is 5.93. The molecule has 146 valence electrons. The number of primary amides is 1. The molecule has 0 aliphatic carbocycles. The first kappa shape index (κ1) is 19.4. The van der Waals surface area contributed by atoms with Crippen LogP contribution in [0, 0.1) is 6.92 Å². The molecular formula is C21H22N2O5. The fraction of sp³-hybridized carbons (Fsp3) is 0.286. The number of nitrogens with two attached hydrogens (primary N) is 1. The number of benzene rings is 2. The molecule has 1 unspecified atom stereocenters. The Morgan fingerprint density at radius 3 is 2.82 bits per heavy atom. The van der Waals surface area contributed by atoms with Gasteiger partial charge >= 0.3 is 5.97 Å². The van der Waals surface area contributed by atoms with E-state index in [0.29, 0.717) is 23.3 Å². The molecule has 0 aromatic heterocycles. The SMILES string of the molecule is Cc1ccc(OCC(=O)NCCC(N)=O)c(C2Cc3ccccc3C(=O)O2)c1. The van der Waals surface area contributed by atoms with Gasteiger partial charge in [-0.15, -0.1) is 0 Å². The Morgan fingerprint density at radius 2 is 2.04 bits per heavy atom. The zero-order valence-electron chi connectivity index (χ0n) is 15.6. The van der Waals surface area contributed by atoms with Gasteiger partial charge in [-0.3, -0.25) is 9.59 Å². The predicted molar refractivity (Wildman–Crippen MR) is 102 cm³/mol. The molecule has 7 heteroatoms. The molecule has 0 saturated carbocycles. The van der Waals surface area contributed by atoms with Gasteiger partial charge in [-0.2, -0.15) is 0 Å². The summed E-state index contributed by atoms with van der Waals surface area (Å²) in [4.78, 5) is 35.0. The zero-order valence-corrected chi connectivity index (χ0v) is 15.6. The van der Waals surface area contributed by atoms with Crippen molar-refractivity contribution in [1.29, 1.82) is 0 Å². The summed E-state index contributed by atoms with van der Waals surface area (Å²) in [5.41, 5.74) is 8.24. The van der Waals surface area contributed by atoms with Crippen LogP contribution in [-0.4, -0.2) is 30.9 Å². The molecular weight excluding hydrogens is 360 g/mol. The molecule has 2 aromatic rings. The summed E-state index contributed by atoms with van der Waals surface area (Å²) in [5.74, 6) is -0.739. The molecule has 0 saturated heterocycles. The van der Waals surface area contributed by atoms with E-state index < -0.39 is 12.0 Å². The first-order chi connectivity index (χ1) is 13.4. The van der Waals surface area contributed by atoms with Crippen molar-refractivity contribution in [2.45, 2.75) is 25.9 Å². The molecule has 28 heavy (non-hydrogen) atoms. The molecule has 2 amide bonds. The van der Waals surface area contributed by atoms with E-state index in [0.717, 1.165) is 11.1 Å². The van der Waals surface area contributed by atoms with Crippen molar-refractivity contribution in [3.63, 3.8) is 0 Å². The quantitative estimate of drug-likeness (QED) is 0.710. The Bertz CT molecular complexity index is 909. The van der Waals surface area contributed by atoms with Gasteiger partial charge in [-0.1, -0.05) is 29.8 Å². The molecule has 1 aliphatic rings. The fourth-order valence-electron chi connectivity index (χ4n) is 3.08. The van der Waals surface area contributed by atoms with Crippen LogP contribution in [0.3, 0.4) is 0 Å². The number of rotatable bonds is 7. The summed E-state index contributed by atoms with van der Waals surface area (Å²) < 4.78 is 11.3. The normalized spacial score (nSPS) is 15.3. The minimum Gasteiger partial charge on any atom is -0.483 e. The number of carbonyl (C=O) groups is 3. The highest BCUT2D eigenvalue weighted by Gasteiger charge is 2.29. The molecule has 2 aromatic carbocycles. The lowest BCUT2D eigenvalue weighted by atomic mass is 9.93. The lowest BCUT2D eigenvalue weighted by Crippen LogP contribution is -2.32. The van der Waals surface area contributed by atoms with Crippen molar-refractivity contribution in [1.82, 2.24) is 5.32 Å². The molecule has 0 fully saturated rings. The third-order valence-electron chi connectivity index (χ3n) is 4.46. The van der Waals surface area contributed by atoms with Crippen molar-refractivity contribution in [3.05, 3.63) is 64.7 Å². The van der Waals surface area contributed by atoms with Crippen molar-refractivity contribution in [3.8, 4) is 5.75 Å². The van der Waals surface area contributed by atoms with E-state index in [2.05, 4.69) is 5.32 Å². The second-order valence-electron chi connectivity index (χ2n) is 6.65. The summed E-state index contributed by atoms with van der Waals surface area (Å²) in [6.45, 7) is 1.88. The highest BCUT2D eigenvalue weighted by Crippen LogP contribution is 2.35.